The summed E-state index contributed by atoms with van der Waals surface area (Å²) in [5.41, 5.74) is 8.57. The Bertz CT molecular complexity index is 1590. The number of amides is 1. The summed E-state index contributed by atoms with van der Waals surface area (Å²) in [5, 5.41) is 6.37. The maximum absolute atomic E-state index is 13.2. The molecule has 1 fully saturated rings. The molecule has 3 aromatic rings. The smallest absolute Gasteiger partial charge is 0.254 e. The fourth-order valence-electron chi connectivity index (χ4n) is 5.93. The van der Waals surface area contributed by atoms with E-state index in [0.717, 1.165) is 68.2 Å². The molecule has 1 atom stereocenters. The van der Waals surface area contributed by atoms with Crippen LogP contribution in [0.3, 0.4) is 0 Å². The van der Waals surface area contributed by atoms with Gasteiger partial charge in [-0.15, -0.1) is 0 Å². The Hall–Kier alpha value is -4.17. The number of hydrogen-bond acceptors (Lipinski definition) is 6. The highest BCUT2D eigenvalue weighted by Gasteiger charge is 2.34. The number of H-pyrrole nitrogens is 1. The Morgan fingerprint density at radius 1 is 1.17 bits per heavy atom. The molecule has 246 valence electrons. The number of allylic oxidation sites excluding steroid dienone is 3. The van der Waals surface area contributed by atoms with Crippen molar-refractivity contribution in [3.63, 3.8) is 0 Å². The molecule has 2 aromatic carbocycles. The third-order valence-electron chi connectivity index (χ3n) is 9.18. The van der Waals surface area contributed by atoms with Gasteiger partial charge in [-0.25, -0.2) is 4.98 Å². The lowest BCUT2D eigenvalue weighted by molar-refractivity contribution is -0.103. The highest BCUT2D eigenvalue weighted by molar-refractivity contribution is 6.08. The van der Waals surface area contributed by atoms with E-state index in [0.29, 0.717) is 41.1 Å². The quantitative estimate of drug-likeness (QED) is 0.128. The maximum Gasteiger partial charge on any atom is 0.254 e. The number of benzene rings is 2. The van der Waals surface area contributed by atoms with E-state index in [2.05, 4.69) is 92.5 Å². The van der Waals surface area contributed by atoms with E-state index in [4.69, 9.17) is 4.98 Å². The van der Waals surface area contributed by atoms with Crippen molar-refractivity contribution in [2.45, 2.75) is 72.9 Å². The molecule has 1 saturated heterocycles. The Morgan fingerprint density at radius 2 is 1.93 bits per heavy atom. The van der Waals surface area contributed by atoms with Gasteiger partial charge in [0, 0.05) is 37.4 Å². The summed E-state index contributed by atoms with van der Waals surface area (Å²) in [4.78, 5) is 37.7. The number of piperidine rings is 1. The number of hydrogen-bond donors (Lipinski definition) is 3. The summed E-state index contributed by atoms with van der Waals surface area (Å²) in [6.45, 7) is 14.1. The third kappa shape index (κ3) is 8.35. The zero-order chi connectivity index (χ0) is 33.2. The molecule has 2 aliphatic rings. The van der Waals surface area contributed by atoms with Crippen LogP contribution in [0.4, 0.5) is 0 Å². The molecule has 0 radical (unpaired) electrons. The second-order valence-electron chi connectivity index (χ2n) is 12.6. The number of aromatic amines is 1. The van der Waals surface area contributed by atoms with Crippen molar-refractivity contribution in [2.75, 3.05) is 33.7 Å². The monoisotopic (exact) mass is 624 g/mol. The molecular weight excluding hydrogens is 572 g/mol. The minimum absolute atomic E-state index is 0.0926. The lowest BCUT2D eigenvalue weighted by Crippen LogP contribution is -2.43. The fourth-order valence-corrected chi connectivity index (χ4v) is 5.93. The standard InChI is InChI=1S/C26H36N6O2.C12H16/c1-5-17(2)14-28-22(6-9-27-3)21(16-33)25-29-23-12-18-15-32(19-7-10-31(4)11-8-19)26(34)20(18)13-24(23)30-25;1-4-6-12-9-11(5-2)8-7-10(12)3/h6,9,12-13,16-17,19,27-28H,5,7-8,10-11,14-15H2,1-4H3,(H,29,30);4,6-9H,5H2,1-3H3/b9-6-,22-21-;6-4-. The third-order valence-corrected chi connectivity index (χ3v) is 9.18. The van der Waals surface area contributed by atoms with Crippen molar-refractivity contribution >= 4 is 34.9 Å². The maximum atomic E-state index is 13.2. The van der Waals surface area contributed by atoms with Crippen LogP contribution in [0.1, 0.15) is 85.4 Å². The van der Waals surface area contributed by atoms with Gasteiger partial charge in [-0.05, 0) is 106 Å². The molecule has 5 rings (SSSR count). The minimum atomic E-state index is 0.0926. The van der Waals surface area contributed by atoms with Crippen molar-refractivity contribution in [1.82, 2.24) is 30.4 Å². The van der Waals surface area contributed by atoms with Gasteiger partial charge in [-0.3, -0.25) is 9.59 Å². The Balaban J connectivity index is 0.000000337. The van der Waals surface area contributed by atoms with Gasteiger partial charge in [0.2, 0.25) is 0 Å². The van der Waals surface area contributed by atoms with Crippen LogP contribution in [0.2, 0.25) is 0 Å². The highest BCUT2D eigenvalue weighted by atomic mass is 16.2. The van der Waals surface area contributed by atoms with Gasteiger partial charge in [0.15, 0.2) is 6.29 Å². The molecule has 8 heteroatoms. The number of nitrogens with zero attached hydrogens (tertiary/aromatic N) is 3. The first-order chi connectivity index (χ1) is 22.2. The summed E-state index contributed by atoms with van der Waals surface area (Å²) in [6.07, 6.45) is 12.9. The van der Waals surface area contributed by atoms with Crippen molar-refractivity contribution in [2.24, 2.45) is 5.92 Å². The minimum Gasteiger partial charge on any atom is -0.394 e. The molecule has 1 amide bonds. The summed E-state index contributed by atoms with van der Waals surface area (Å²) < 4.78 is 0. The lowest BCUT2D eigenvalue weighted by Gasteiger charge is -2.34. The number of carbonyl (C=O) groups is 2. The van der Waals surface area contributed by atoms with Crippen LogP contribution in [0, 0.1) is 12.8 Å². The van der Waals surface area contributed by atoms with Gasteiger partial charge in [0.05, 0.1) is 16.6 Å². The molecule has 2 aliphatic heterocycles. The van der Waals surface area contributed by atoms with E-state index in [-0.39, 0.29) is 5.91 Å². The van der Waals surface area contributed by atoms with Crippen molar-refractivity contribution in [1.29, 1.82) is 0 Å². The first kappa shape index (κ1) is 34.7. The number of carbonyl (C=O) groups excluding carboxylic acids is 2. The molecule has 0 spiro atoms. The SMILES string of the molecule is C/C=C\c1cc(CC)ccc1C.CCC(C)CNC(/C=C\NC)=C(/C=O)c1nc2cc3c(cc2[nH]1)CN(C1CCN(C)CC1)C3=O. The molecule has 8 nitrogen and oxygen atoms in total. The number of aromatic nitrogens is 2. The fraction of sp³-hybridized carbons (Fsp3) is 0.447. The van der Waals surface area contributed by atoms with Gasteiger partial charge >= 0.3 is 0 Å². The zero-order valence-corrected chi connectivity index (χ0v) is 28.7. The predicted molar refractivity (Wildman–Crippen MR) is 190 cm³/mol. The Morgan fingerprint density at radius 3 is 2.59 bits per heavy atom. The molecule has 0 saturated carbocycles. The van der Waals surface area contributed by atoms with Gasteiger partial charge in [0.25, 0.3) is 5.91 Å². The lowest BCUT2D eigenvalue weighted by atomic mass is 10.0. The summed E-state index contributed by atoms with van der Waals surface area (Å²) >= 11 is 0. The average Bonchev–Trinajstić information content (AvgIpc) is 3.62. The van der Waals surface area contributed by atoms with Gasteiger partial charge in [-0.2, -0.15) is 0 Å². The van der Waals surface area contributed by atoms with Crippen LogP contribution < -0.4 is 10.6 Å². The second kappa shape index (κ2) is 16.4. The van der Waals surface area contributed by atoms with E-state index >= 15 is 0 Å². The summed E-state index contributed by atoms with van der Waals surface area (Å²) in [6, 6.07) is 10.8. The average molecular weight is 625 g/mol. The highest BCUT2D eigenvalue weighted by Crippen LogP contribution is 2.31. The van der Waals surface area contributed by atoms with E-state index in [9.17, 15) is 9.59 Å². The molecule has 1 aromatic heterocycles. The van der Waals surface area contributed by atoms with Gasteiger partial charge in [-0.1, -0.05) is 57.5 Å². The number of rotatable bonds is 11. The topological polar surface area (TPSA) is 93.4 Å². The number of aryl methyl sites for hydroxylation is 2. The van der Waals surface area contributed by atoms with Crippen LogP contribution in [-0.2, 0) is 17.8 Å². The van der Waals surface area contributed by atoms with E-state index in [1.165, 1.54) is 16.7 Å². The van der Waals surface area contributed by atoms with E-state index in [1.807, 2.05) is 30.2 Å². The van der Waals surface area contributed by atoms with Crippen LogP contribution in [0.25, 0.3) is 22.7 Å². The number of aldehydes is 1. The zero-order valence-electron chi connectivity index (χ0n) is 28.7. The summed E-state index contributed by atoms with van der Waals surface area (Å²) in [7, 11) is 3.95. The van der Waals surface area contributed by atoms with Gasteiger partial charge < -0.3 is 25.4 Å². The predicted octanol–water partition coefficient (Wildman–Crippen LogP) is 6.48. The molecule has 46 heavy (non-hydrogen) atoms. The van der Waals surface area contributed by atoms with Crippen LogP contribution >= 0.6 is 0 Å². The molecular formula is C38H52N6O2. The van der Waals surface area contributed by atoms with Gasteiger partial charge in [0.1, 0.15) is 5.82 Å². The normalized spacial score (nSPS) is 16.8. The van der Waals surface area contributed by atoms with Crippen molar-refractivity contribution < 1.29 is 9.59 Å². The molecule has 3 N–H and O–H groups in total. The molecule has 1 unspecified atom stereocenters. The molecule has 3 heterocycles. The molecule has 0 bridgehead atoms. The number of likely N-dealkylation sites (tertiary alicyclic amines) is 1. The number of imidazole rings is 1. The molecule has 0 aliphatic carbocycles. The second-order valence-corrected chi connectivity index (χ2v) is 12.6. The Labute approximate surface area is 275 Å². The van der Waals surface area contributed by atoms with Crippen LogP contribution in [-0.4, -0.2) is 71.7 Å². The number of nitrogens with one attached hydrogen (secondary N) is 3. The van der Waals surface area contributed by atoms with Crippen molar-refractivity contribution in [3.05, 3.63) is 88.0 Å². The summed E-state index contributed by atoms with van der Waals surface area (Å²) in [5.74, 6) is 1.07. The number of fused-ring (bicyclic) bond motifs is 2. The van der Waals surface area contributed by atoms with Crippen LogP contribution in [0.5, 0.6) is 0 Å². The first-order valence-electron chi connectivity index (χ1n) is 16.7. The van der Waals surface area contributed by atoms with E-state index in [1.54, 1.807) is 6.20 Å². The Kier molecular flexibility index (Phi) is 12.4. The van der Waals surface area contributed by atoms with Crippen LogP contribution in [0.15, 0.2) is 54.4 Å². The van der Waals surface area contributed by atoms with Crippen molar-refractivity contribution in [3.8, 4) is 0 Å². The van der Waals surface area contributed by atoms with E-state index < -0.39 is 0 Å². The first-order valence-corrected chi connectivity index (χ1v) is 16.7. The largest absolute Gasteiger partial charge is 0.394 e.